The predicted molar refractivity (Wildman–Crippen MR) is 152 cm³/mol. The molecule has 2 amide bonds. The zero-order chi connectivity index (χ0) is 29.3. The third-order valence-corrected chi connectivity index (χ3v) is 6.64. The summed E-state index contributed by atoms with van der Waals surface area (Å²) in [6, 6.07) is 10.0. The van der Waals surface area contributed by atoms with Gasteiger partial charge in [-0.25, -0.2) is 14.8 Å². The van der Waals surface area contributed by atoms with Crippen molar-refractivity contribution in [2.45, 2.75) is 51.4 Å². The third-order valence-electron chi connectivity index (χ3n) is 6.64. The number of anilines is 3. The lowest BCUT2D eigenvalue weighted by molar-refractivity contribution is 0.00732. The maximum absolute atomic E-state index is 13.3. The van der Waals surface area contributed by atoms with Gasteiger partial charge in [0.2, 0.25) is 0 Å². The van der Waals surface area contributed by atoms with Gasteiger partial charge in [0.1, 0.15) is 34.3 Å². The first-order chi connectivity index (χ1) is 19.6. The van der Waals surface area contributed by atoms with Crippen molar-refractivity contribution in [3.05, 3.63) is 70.9 Å². The van der Waals surface area contributed by atoms with Gasteiger partial charge in [-0.15, -0.1) is 0 Å². The van der Waals surface area contributed by atoms with E-state index < -0.39 is 11.7 Å². The van der Waals surface area contributed by atoms with E-state index in [1.807, 2.05) is 0 Å². The standard InChI is InChI=1S/C28H32N8O5/c1-28(2,3)41-27(39)34(4)23-15-21(31-19-9-8-14-35(26(19)38)22-10-6-7-13-29-22)33-24-17(16-30-36(23)24)25(37)32-18-11-12-20(18)40-5/h6-10,13-16,18,20H,11-12H2,1-5H3,(H,31,33)(H,32,37)/t18-,20-/m1/s1. The summed E-state index contributed by atoms with van der Waals surface area (Å²) in [6.07, 6.45) is 5.58. The molecule has 4 aromatic rings. The van der Waals surface area contributed by atoms with Crippen LogP contribution < -0.4 is 21.1 Å². The zero-order valence-electron chi connectivity index (χ0n) is 23.5. The number of ether oxygens (including phenoxy) is 2. The molecule has 13 heteroatoms. The minimum absolute atomic E-state index is 0.0563. The quantitative estimate of drug-likeness (QED) is 0.348. The van der Waals surface area contributed by atoms with Gasteiger partial charge < -0.3 is 20.1 Å². The van der Waals surface area contributed by atoms with Crippen LogP contribution in [0.2, 0.25) is 0 Å². The Balaban J connectivity index is 1.56. The Kier molecular flexibility index (Phi) is 7.45. The van der Waals surface area contributed by atoms with Gasteiger partial charge in [-0.1, -0.05) is 6.07 Å². The Labute approximate surface area is 236 Å². The van der Waals surface area contributed by atoms with Crippen molar-refractivity contribution in [1.82, 2.24) is 29.5 Å². The molecule has 0 radical (unpaired) electrons. The van der Waals surface area contributed by atoms with Crippen LogP contribution >= 0.6 is 0 Å². The fraction of sp³-hybridized carbons (Fsp3) is 0.357. The van der Waals surface area contributed by atoms with Gasteiger partial charge in [0.15, 0.2) is 5.65 Å². The molecule has 4 heterocycles. The highest BCUT2D eigenvalue weighted by Gasteiger charge is 2.33. The van der Waals surface area contributed by atoms with E-state index in [2.05, 4.69) is 25.7 Å². The summed E-state index contributed by atoms with van der Waals surface area (Å²) in [4.78, 5) is 49.7. The molecule has 5 rings (SSSR count). The highest BCUT2D eigenvalue weighted by Crippen LogP contribution is 2.26. The molecule has 1 fully saturated rings. The second-order valence-electron chi connectivity index (χ2n) is 10.7. The molecule has 0 bridgehead atoms. The number of methoxy groups -OCH3 is 1. The fourth-order valence-corrected chi connectivity index (χ4v) is 4.40. The van der Waals surface area contributed by atoms with E-state index in [9.17, 15) is 14.4 Å². The molecule has 0 aromatic carbocycles. The minimum atomic E-state index is -0.741. The Hall–Kier alpha value is -4.78. The van der Waals surface area contributed by atoms with Crippen LogP contribution in [0.15, 0.2) is 59.8 Å². The van der Waals surface area contributed by atoms with Crippen LogP contribution in [0.5, 0.6) is 0 Å². The van der Waals surface area contributed by atoms with Gasteiger partial charge in [0, 0.05) is 32.6 Å². The molecule has 2 atom stereocenters. The highest BCUT2D eigenvalue weighted by molar-refractivity contribution is 6.00. The number of fused-ring (bicyclic) bond motifs is 1. The third kappa shape index (κ3) is 5.75. The number of hydrogen-bond acceptors (Lipinski definition) is 9. The molecule has 1 aliphatic rings. The van der Waals surface area contributed by atoms with E-state index in [1.165, 1.54) is 27.2 Å². The zero-order valence-corrected chi connectivity index (χ0v) is 23.5. The summed E-state index contributed by atoms with van der Waals surface area (Å²) in [5, 5.41) is 10.4. The van der Waals surface area contributed by atoms with Crippen LogP contribution in [0.25, 0.3) is 11.5 Å². The minimum Gasteiger partial charge on any atom is -0.443 e. The van der Waals surface area contributed by atoms with Crippen molar-refractivity contribution < 1.29 is 19.1 Å². The summed E-state index contributed by atoms with van der Waals surface area (Å²) >= 11 is 0. The van der Waals surface area contributed by atoms with Gasteiger partial charge in [0.05, 0.1) is 18.3 Å². The van der Waals surface area contributed by atoms with Crippen LogP contribution in [0.4, 0.5) is 22.1 Å². The van der Waals surface area contributed by atoms with Crippen LogP contribution in [0, 0.1) is 0 Å². The van der Waals surface area contributed by atoms with Crippen molar-refractivity contribution in [1.29, 1.82) is 0 Å². The number of carbonyl (C=O) groups excluding carboxylic acids is 2. The van der Waals surface area contributed by atoms with E-state index in [1.54, 1.807) is 76.7 Å². The number of amides is 2. The lowest BCUT2D eigenvalue weighted by Crippen LogP contribution is -2.51. The first-order valence-electron chi connectivity index (χ1n) is 13.1. The van der Waals surface area contributed by atoms with Gasteiger partial charge in [-0.3, -0.25) is 19.1 Å². The summed E-state index contributed by atoms with van der Waals surface area (Å²) in [5.41, 5.74) is -0.504. The van der Waals surface area contributed by atoms with E-state index in [-0.39, 0.29) is 52.1 Å². The van der Waals surface area contributed by atoms with Crippen molar-refractivity contribution >= 4 is 35.0 Å². The van der Waals surface area contributed by atoms with Crippen LogP contribution in [-0.4, -0.2) is 68.1 Å². The van der Waals surface area contributed by atoms with Crippen molar-refractivity contribution in [2.75, 3.05) is 24.4 Å². The topological polar surface area (TPSA) is 145 Å². The summed E-state index contributed by atoms with van der Waals surface area (Å²) < 4.78 is 13.7. The van der Waals surface area contributed by atoms with E-state index >= 15 is 0 Å². The summed E-state index contributed by atoms with van der Waals surface area (Å²) in [7, 11) is 3.14. The number of aromatic nitrogens is 5. The molecule has 0 aliphatic heterocycles. The first-order valence-corrected chi connectivity index (χ1v) is 13.1. The first kappa shape index (κ1) is 27.8. The van der Waals surface area contributed by atoms with Gasteiger partial charge in [-0.2, -0.15) is 9.61 Å². The molecule has 0 spiro atoms. The monoisotopic (exact) mass is 560 g/mol. The van der Waals surface area contributed by atoms with Crippen LogP contribution in [0.1, 0.15) is 44.0 Å². The molecule has 0 unspecified atom stereocenters. The number of rotatable bonds is 7. The van der Waals surface area contributed by atoms with Crippen LogP contribution in [-0.2, 0) is 9.47 Å². The predicted octanol–water partition coefficient (Wildman–Crippen LogP) is 3.30. The molecule has 214 valence electrons. The van der Waals surface area contributed by atoms with Crippen molar-refractivity contribution in [3.8, 4) is 5.82 Å². The van der Waals surface area contributed by atoms with Gasteiger partial charge >= 0.3 is 6.09 Å². The SMILES string of the molecule is CO[C@@H]1CC[C@H]1NC(=O)c1cnn2c(N(C)C(=O)OC(C)(C)C)cc(Nc3cccn(-c4ccccn4)c3=O)nc12. The molecule has 2 N–H and O–H groups in total. The molecular formula is C28H32N8O5. The maximum Gasteiger partial charge on any atom is 0.415 e. The van der Waals surface area contributed by atoms with Crippen molar-refractivity contribution in [2.24, 2.45) is 0 Å². The van der Waals surface area contributed by atoms with Crippen LogP contribution in [0.3, 0.4) is 0 Å². The number of nitrogens with one attached hydrogen (secondary N) is 2. The second kappa shape index (κ2) is 11.0. The molecule has 13 nitrogen and oxygen atoms in total. The number of pyridine rings is 2. The smallest absolute Gasteiger partial charge is 0.415 e. The second-order valence-corrected chi connectivity index (χ2v) is 10.7. The lowest BCUT2D eigenvalue weighted by Gasteiger charge is -2.35. The Morgan fingerprint density at radius 3 is 2.61 bits per heavy atom. The van der Waals surface area contributed by atoms with Gasteiger partial charge in [0.25, 0.3) is 11.5 Å². The van der Waals surface area contributed by atoms with E-state index in [0.29, 0.717) is 5.82 Å². The fourth-order valence-electron chi connectivity index (χ4n) is 4.40. The normalized spacial score (nSPS) is 16.6. The summed E-state index contributed by atoms with van der Waals surface area (Å²) in [6.45, 7) is 5.29. The largest absolute Gasteiger partial charge is 0.443 e. The number of hydrogen-bond donors (Lipinski definition) is 2. The maximum atomic E-state index is 13.3. The van der Waals surface area contributed by atoms with E-state index in [4.69, 9.17) is 9.47 Å². The Morgan fingerprint density at radius 1 is 1.15 bits per heavy atom. The van der Waals surface area contributed by atoms with Crippen molar-refractivity contribution in [3.63, 3.8) is 0 Å². The Bertz CT molecular complexity index is 1640. The average Bonchev–Trinajstić information content (AvgIpc) is 3.35. The number of carbonyl (C=O) groups is 2. The molecule has 41 heavy (non-hydrogen) atoms. The molecule has 1 aliphatic carbocycles. The number of nitrogens with zero attached hydrogens (tertiary/aromatic N) is 6. The Morgan fingerprint density at radius 2 is 1.95 bits per heavy atom. The van der Waals surface area contributed by atoms with Gasteiger partial charge in [-0.05, 0) is 57.9 Å². The average molecular weight is 561 g/mol. The highest BCUT2D eigenvalue weighted by atomic mass is 16.6. The molecular weight excluding hydrogens is 528 g/mol. The molecule has 1 saturated carbocycles. The summed E-state index contributed by atoms with van der Waals surface area (Å²) in [5.74, 6) is 0.562. The molecule has 0 saturated heterocycles. The lowest BCUT2D eigenvalue weighted by atomic mass is 9.89. The molecule has 4 aromatic heterocycles. The van der Waals surface area contributed by atoms with E-state index in [0.717, 1.165) is 12.8 Å².